The minimum absolute atomic E-state index is 0.00835. The SMILES string of the molecule is Cc1ccccc1OCCC1CCCC1(N)C(=O)O. The molecule has 0 bridgehead atoms. The van der Waals surface area contributed by atoms with Gasteiger partial charge in [0.05, 0.1) is 6.61 Å². The van der Waals surface area contributed by atoms with Gasteiger partial charge in [0, 0.05) is 0 Å². The minimum atomic E-state index is -1.06. The summed E-state index contributed by atoms with van der Waals surface area (Å²) in [6, 6.07) is 7.82. The van der Waals surface area contributed by atoms with E-state index in [0.29, 0.717) is 19.4 Å². The van der Waals surface area contributed by atoms with Crippen molar-refractivity contribution < 1.29 is 14.6 Å². The molecule has 1 aromatic rings. The van der Waals surface area contributed by atoms with Crippen LogP contribution in [-0.2, 0) is 4.79 Å². The van der Waals surface area contributed by atoms with Crippen molar-refractivity contribution in [1.29, 1.82) is 0 Å². The summed E-state index contributed by atoms with van der Waals surface area (Å²) in [6.07, 6.45) is 3.02. The van der Waals surface area contributed by atoms with Crippen molar-refractivity contribution in [2.75, 3.05) is 6.61 Å². The van der Waals surface area contributed by atoms with Gasteiger partial charge in [-0.05, 0) is 43.7 Å². The van der Waals surface area contributed by atoms with Crippen LogP contribution in [0, 0.1) is 12.8 Å². The van der Waals surface area contributed by atoms with Gasteiger partial charge in [-0.25, -0.2) is 0 Å². The Morgan fingerprint density at radius 3 is 2.95 bits per heavy atom. The molecule has 3 N–H and O–H groups in total. The van der Waals surface area contributed by atoms with E-state index in [0.717, 1.165) is 24.2 Å². The van der Waals surface area contributed by atoms with Crippen LogP contribution in [0.25, 0.3) is 0 Å². The van der Waals surface area contributed by atoms with Crippen molar-refractivity contribution in [3.8, 4) is 5.75 Å². The molecule has 19 heavy (non-hydrogen) atoms. The van der Waals surface area contributed by atoms with Crippen LogP contribution in [-0.4, -0.2) is 23.2 Å². The van der Waals surface area contributed by atoms with Crippen LogP contribution < -0.4 is 10.5 Å². The van der Waals surface area contributed by atoms with Crippen molar-refractivity contribution in [3.05, 3.63) is 29.8 Å². The summed E-state index contributed by atoms with van der Waals surface area (Å²) >= 11 is 0. The van der Waals surface area contributed by atoms with Gasteiger partial charge in [-0.3, -0.25) is 4.79 Å². The van der Waals surface area contributed by atoms with Crippen LogP contribution in [0.2, 0.25) is 0 Å². The molecule has 0 saturated heterocycles. The summed E-state index contributed by atoms with van der Waals surface area (Å²) < 4.78 is 5.72. The molecule has 0 spiro atoms. The predicted molar refractivity (Wildman–Crippen MR) is 73.2 cm³/mol. The maximum atomic E-state index is 11.3. The molecule has 2 unspecified atom stereocenters. The number of nitrogens with two attached hydrogens (primary N) is 1. The van der Waals surface area contributed by atoms with E-state index in [1.807, 2.05) is 31.2 Å². The summed E-state index contributed by atoms with van der Waals surface area (Å²) in [5.74, 6) is -0.0154. The van der Waals surface area contributed by atoms with Crippen LogP contribution in [0.15, 0.2) is 24.3 Å². The molecule has 0 radical (unpaired) electrons. The van der Waals surface area contributed by atoms with Gasteiger partial charge in [0.1, 0.15) is 11.3 Å². The zero-order valence-corrected chi connectivity index (χ0v) is 11.3. The van der Waals surface area contributed by atoms with E-state index in [4.69, 9.17) is 10.5 Å². The van der Waals surface area contributed by atoms with Gasteiger partial charge in [-0.15, -0.1) is 0 Å². The fourth-order valence-corrected chi connectivity index (χ4v) is 2.82. The van der Waals surface area contributed by atoms with Gasteiger partial charge in [-0.1, -0.05) is 24.6 Å². The maximum absolute atomic E-state index is 11.3. The van der Waals surface area contributed by atoms with Crippen LogP contribution in [0.5, 0.6) is 5.75 Å². The van der Waals surface area contributed by atoms with Crippen molar-refractivity contribution in [1.82, 2.24) is 0 Å². The number of aliphatic carboxylic acids is 1. The molecule has 0 amide bonds. The summed E-state index contributed by atoms with van der Waals surface area (Å²) in [4.78, 5) is 11.3. The molecule has 2 rings (SSSR count). The molecule has 2 atom stereocenters. The number of ether oxygens (including phenoxy) is 1. The first kappa shape index (κ1) is 13.9. The first-order valence-electron chi connectivity index (χ1n) is 6.75. The normalized spacial score (nSPS) is 26.3. The molecule has 1 aliphatic rings. The highest BCUT2D eigenvalue weighted by molar-refractivity contribution is 5.79. The molecule has 1 fully saturated rings. The number of rotatable bonds is 5. The lowest BCUT2D eigenvalue weighted by Gasteiger charge is -2.26. The smallest absolute Gasteiger partial charge is 0.323 e. The van der Waals surface area contributed by atoms with E-state index in [-0.39, 0.29) is 5.92 Å². The molecule has 0 aliphatic heterocycles. The lowest BCUT2D eigenvalue weighted by molar-refractivity contribution is -0.144. The Balaban J connectivity index is 1.89. The largest absolute Gasteiger partial charge is 0.493 e. The average Bonchev–Trinajstić information content (AvgIpc) is 2.75. The van der Waals surface area contributed by atoms with Crippen molar-refractivity contribution in [2.24, 2.45) is 11.7 Å². The topological polar surface area (TPSA) is 72.5 Å². The molecule has 1 saturated carbocycles. The zero-order valence-electron chi connectivity index (χ0n) is 11.3. The molecule has 1 aromatic carbocycles. The van der Waals surface area contributed by atoms with E-state index in [1.165, 1.54) is 0 Å². The van der Waals surface area contributed by atoms with Gasteiger partial charge >= 0.3 is 5.97 Å². The Kier molecular flexibility index (Phi) is 4.10. The van der Waals surface area contributed by atoms with E-state index >= 15 is 0 Å². The minimum Gasteiger partial charge on any atom is -0.493 e. The van der Waals surface area contributed by atoms with Crippen LogP contribution in [0.1, 0.15) is 31.2 Å². The predicted octanol–water partition coefficient (Wildman–Crippen LogP) is 2.35. The highest BCUT2D eigenvalue weighted by Gasteiger charge is 2.45. The molecule has 4 nitrogen and oxygen atoms in total. The Morgan fingerprint density at radius 2 is 2.26 bits per heavy atom. The number of para-hydroxylation sites is 1. The highest BCUT2D eigenvalue weighted by atomic mass is 16.5. The molecule has 104 valence electrons. The second kappa shape index (κ2) is 5.61. The third kappa shape index (κ3) is 2.89. The second-order valence-electron chi connectivity index (χ2n) is 5.34. The fourth-order valence-electron chi connectivity index (χ4n) is 2.82. The Morgan fingerprint density at radius 1 is 1.53 bits per heavy atom. The number of carboxylic acid groups (broad SMARTS) is 1. The lowest BCUT2D eigenvalue weighted by atomic mass is 9.86. The quantitative estimate of drug-likeness (QED) is 0.855. The Hall–Kier alpha value is -1.55. The fraction of sp³-hybridized carbons (Fsp3) is 0.533. The molecule has 0 heterocycles. The van der Waals surface area contributed by atoms with Crippen molar-refractivity contribution >= 4 is 5.97 Å². The molecular weight excluding hydrogens is 242 g/mol. The number of aryl methyl sites for hydroxylation is 1. The monoisotopic (exact) mass is 263 g/mol. The van der Waals surface area contributed by atoms with Crippen molar-refractivity contribution in [3.63, 3.8) is 0 Å². The summed E-state index contributed by atoms with van der Waals surface area (Å²) in [5, 5.41) is 9.24. The Bertz CT molecular complexity index is 460. The third-order valence-corrected chi connectivity index (χ3v) is 4.09. The first-order valence-corrected chi connectivity index (χ1v) is 6.75. The zero-order chi connectivity index (χ0) is 13.9. The van der Waals surface area contributed by atoms with Gasteiger partial charge < -0.3 is 15.6 Å². The second-order valence-corrected chi connectivity index (χ2v) is 5.34. The van der Waals surface area contributed by atoms with Crippen LogP contribution in [0.3, 0.4) is 0 Å². The molecular formula is C15H21NO3. The summed E-state index contributed by atoms with van der Waals surface area (Å²) in [5.41, 5.74) is 6.03. The van der Waals surface area contributed by atoms with Crippen LogP contribution >= 0.6 is 0 Å². The molecule has 1 aliphatic carbocycles. The van der Waals surface area contributed by atoms with Crippen LogP contribution in [0.4, 0.5) is 0 Å². The van der Waals surface area contributed by atoms with E-state index in [2.05, 4.69) is 0 Å². The number of carbonyl (C=O) groups is 1. The maximum Gasteiger partial charge on any atom is 0.323 e. The van der Waals surface area contributed by atoms with Gasteiger partial charge in [0.15, 0.2) is 0 Å². The highest BCUT2D eigenvalue weighted by Crippen LogP contribution is 2.36. The summed E-state index contributed by atoms with van der Waals surface area (Å²) in [7, 11) is 0. The van der Waals surface area contributed by atoms with Gasteiger partial charge in [0.2, 0.25) is 0 Å². The number of benzene rings is 1. The van der Waals surface area contributed by atoms with E-state index in [9.17, 15) is 9.90 Å². The number of hydrogen-bond donors (Lipinski definition) is 2. The first-order chi connectivity index (χ1) is 9.04. The number of hydrogen-bond acceptors (Lipinski definition) is 3. The molecule has 0 aromatic heterocycles. The van der Waals surface area contributed by atoms with E-state index in [1.54, 1.807) is 0 Å². The summed E-state index contributed by atoms with van der Waals surface area (Å²) in [6.45, 7) is 2.51. The molecule has 4 heteroatoms. The lowest BCUT2D eigenvalue weighted by Crippen LogP contribution is -2.51. The average molecular weight is 263 g/mol. The van der Waals surface area contributed by atoms with E-state index < -0.39 is 11.5 Å². The standard InChI is InChI=1S/C15H21NO3/c1-11-5-2-3-7-13(11)19-10-8-12-6-4-9-15(12,16)14(17)18/h2-3,5,7,12H,4,6,8-10,16H2,1H3,(H,17,18). The number of carboxylic acids is 1. The third-order valence-electron chi connectivity index (χ3n) is 4.09. The van der Waals surface area contributed by atoms with Gasteiger partial charge in [0.25, 0.3) is 0 Å². The Labute approximate surface area is 113 Å². The van der Waals surface area contributed by atoms with Gasteiger partial charge in [-0.2, -0.15) is 0 Å². The van der Waals surface area contributed by atoms with Crippen molar-refractivity contribution in [2.45, 2.75) is 38.1 Å².